The number of quaternary nitrogens is 1. The molecule has 0 aliphatic carbocycles. The van der Waals surface area contributed by atoms with Gasteiger partial charge in [0, 0.05) is 6.42 Å². The van der Waals surface area contributed by atoms with E-state index in [9.17, 15) is 4.79 Å². The summed E-state index contributed by atoms with van der Waals surface area (Å²) < 4.78 is 4.61. The number of aryl methyl sites for hydroxylation is 1. The molecule has 1 aromatic rings. The van der Waals surface area contributed by atoms with E-state index in [1.54, 1.807) is 12.1 Å². The number of benzene rings is 1. The molecule has 0 aliphatic heterocycles. The number of hydrogen-bond acceptors (Lipinski definition) is 2. The number of carbonyl (C=O) groups is 1. The standard InChI is InChI=1S/C11H15NO2/c1-14-11(13)10-6-4-9(5-7-10)3-2-8-12/h4-7H,2-3,8,12H2,1H3/p+1. The van der Waals surface area contributed by atoms with Crippen molar-refractivity contribution in [3.8, 4) is 0 Å². The first-order valence-electron chi connectivity index (χ1n) is 4.74. The fourth-order valence-electron chi connectivity index (χ4n) is 1.25. The third-order valence-electron chi connectivity index (χ3n) is 2.09. The minimum atomic E-state index is -0.284. The van der Waals surface area contributed by atoms with Crippen LogP contribution in [0.4, 0.5) is 0 Å². The molecule has 0 saturated carbocycles. The van der Waals surface area contributed by atoms with E-state index in [-0.39, 0.29) is 5.97 Å². The molecule has 0 aliphatic rings. The van der Waals surface area contributed by atoms with Gasteiger partial charge in [-0.3, -0.25) is 0 Å². The maximum atomic E-state index is 11.1. The Balaban J connectivity index is 2.63. The van der Waals surface area contributed by atoms with Gasteiger partial charge < -0.3 is 10.5 Å². The van der Waals surface area contributed by atoms with Crippen molar-refractivity contribution in [1.82, 2.24) is 0 Å². The van der Waals surface area contributed by atoms with Crippen molar-refractivity contribution in [2.45, 2.75) is 12.8 Å². The zero-order chi connectivity index (χ0) is 10.4. The van der Waals surface area contributed by atoms with Gasteiger partial charge >= 0.3 is 5.97 Å². The topological polar surface area (TPSA) is 53.9 Å². The summed E-state index contributed by atoms with van der Waals surface area (Å²) in [4.78, 5) is 11.1. The van der Waals surface area contributed by atoms with Gasteiger partial charge in [0.15, 0.2) is 0 Å². The van der Waals surface area contributed by atoms with E-state index in [0.717, 1.165) is 19.4 Å². The highest BCUT2D eigenvalue weighted by Gasteiger charge is 2.03. The van der Waals surface area contributed by atoms with E-state index in [2.05, 4.69) is 10.5 Å². The second-order valence-corrected chi connectivity index (χ2v) is 3.15. The molecule has 76 valence electrons. The van der Waals surface area contributed by atoms with Crippen molar-refractivity contribution in [2.75, 3.05) is 13.7 Å². The fourth-order valence-corrected chi connectivity index (χ4v) is 1.25. The van der Waals surface area contributed by atoms with Gasteiger partial charge in [0.05, 0.1) is 19.2 Å². The van der Waals surface area contributed by atoms with E-state index in [4.69, 9.17) is 0 Å². The number of methoxy groups -OCH3 is 1. The molecule has 3 N–H and O–H groups in total. The first-order chi connectivity index (χ1) is 6.77. The van der Waals surface area contributed by atoms with E-state index in [1.165, 1.54) is 12.7 Å². The first-order valence-corrected chi connectivity index (χ1v) is 4.74. The maximum Gasteiger partial charge on any atom is 0.337 e. The third-order valence-corrected chi connectivity index (χ3v) is 2.09. The summed E-state index contributed by atoms with van der Waals surface area (Å²) in [6.07, 6.45) is 2.10. The van der Waals surface area contributed by atoms with Crippen LogP contribution in [0, 0.1) is 0 Å². The molecule has 0 bridgehead atoms. The summed E-state index contributed by atoms with van der Waals surface area (Å²) in [6.45, 7) is 0.943. The van der Waals surface area contributed by atoms with Crippen LogP contribution in [0.25, 0.3) is 0 Å². The van der Waals surface area contributed by atoms with E-state index >= 15 is 0 Å². The molecule has 1 rings (SSSR count). The van der Waals surface area contributed by atoms with Crippen molar-refractivity contribution < 1.29 is 15.3 Å². The molecule has 14 heavy (non-hydrogen) atoms. The van der Waals surface area contributed by atoms with Crippen molar-refractivity contribution in [1.29, 1.82) is 0 Å². The van der Waals surface area contributed by atoms with Crippen LogP contribution in [-0.4, -0.2) is 19.6 Å². The van der Waals surface area contributed by atoms with Crippen molar-refractivity contribution in [3.05, 3.63) is 35.4 Å². The highest BCUT2D eigenvalue weighted by atomic mass is 16.5. The van der Waals surface area contributed by atoms with Gasteiger partial charge in [0.1, 0.15) is 0 Å². The molecule has 0 aromatic heterocycles. The molecule has 1 aromatic carbocycles. The summed E-state index contributed by atoms with van der Waals surface area (Å²) in [5.41, 5.74) is 5.63. The zero-order valence-corrected chi connectivity index (χ0v) is 8.45. The lowest BCUT2D eigenvalue weighted by Gasteiger charge is -2.01. The van der Waals surface area contributed by atoms with Gasteiger partial charge in [-0.05, 0) is 24.1 Å². The van der Waals surface area contributed by atoms with Crippen molar-refractivity contribution in [3.63, 3.8) is 0 Å². The number of esters is 1. The van der Waals surface area contributed by atoms with Crippen LogP contribution in [0.1, 0.15) is 22.3 Å². The predicted octanol–water partition coefficient (Wildman–Crippen LogP) is 0.648. The number of ether oxygens (including phenoxy) is 1. The van der Waals surface area contributed by atoms with Gasteiger partial charge in [-0.25, -0.2) is 4.79 Å². The largest absolute Gasteiger partial charge is 0.465 e. The quantitative estimate of drug-likeness (QED) is 0.715. The average Bonchev–Trinajstić information content (AvgIpc) is 2.26. The van der Waals surface area contributed by atoms with Crippen LogP contribution < -0.4 is 5.73 Å². The summed E-state index contributed by atoms with van der Waals surface area (Å²) in [5, 5.41) is 0. The van der Waals surface area contributed by atoms with Gasteiger partial charge in [-0.1, -0.05) is 12.1 Å². The molecule has 0 heterocycles. The Morgan fingerprint density at radius 3 is 2.50 bits per heavy atom. The van der Waals surface area contributed by atoms with Crippen LogP contribution in [0.15, 0.2) is 24.3 Å². The summed E-state index contributed by atoms with van der Waals surface area (Å²) in [7, 11) is 1.39. The molecule has 0 saturated heterocycles. The molecular formula is C11H16NO2+. The normalized spacial score (nSPS) is 9.86. The highest BCUT2D eigenvalue weighted by molar-refractivity contribution is 5.89. The second kappa shape index (κ2) is 5.40. The Kier molecular flexibility index (Phi) is 4.13. The molecule has 3 nitrogen and oxygen atoms in total. The Hall–Kier alpha value is -1.35. The van der Waals surface area contributed by atoms with Crippen LogP contribution in [0.2, 0.25) is 0 Å². The monoisotopic (exact) mass is 194 g/mol. The molecule has 0 unspecified atom stereocenters. The predicted molar refractivity (Wildman–Crippen MR) is 53.9 cm³/mol. The Morgan fingerprint density at radius 1 is 1.36 bits per heavy atom. The summed E-state index contributed by atoms with van der Waals surface area (Å²) in [6, 6.07) is 7.51. The second-order valence-electron chi connectivity index (χ2n) is 3.15. The van der Waals surface area contributed by atoms with E-state index in [1.807, 2.05) is 12.1 Å². The van der Waals surface area contributed by atoms with E-state index < -0.39 is 0 Å². The highest BCUT2D eigenvalue weighted by Crippen LogP contribution is 2.07. The van der Waals surface area contributed by atoms with Gasteiger partial charge in [-0.15, -0.1) is 0 Å². The van der Waals surface area contributed by atoms with Crippen molar-refractivity contribution >= 4 is 5.97 Å². The molecular weight excluding hydrogens is 178 g/mol. The zero-order valence-electron chi connectivity index (χ0n) is 8.45. The van der Waals surface area contributed by atoms with Gasteiger partial charge in [0.2, 0.25) is 0 Å². The average molecular weight is 194 g/mol. The molecule has 0 radical (unpaired) electrons. The van der Waals surface area contributed by atoms with Crippen molar-refractivity contribution in [2.24, 2.45) is 0 Å². The van der Waals surface area contributed by atoms with Crippen LogP contribution in [0.3, 0.4) is 0 Å². The van der Waals surface area contributed by atoms with Gasteiger partial charge in [-0.2, -0.15) is 0 Å². The van der Waals surface area contributed by atoms with Crippen LogP contribution >= 0.6 is 0 Å². The first kappa shape index (κ1) is 10.7. The lowest BCUT2D eigenvalue weighted by Crippen LogP contribution is -2.50. The van der Waals surface area contributed by atoms with Crippen LogP contribution in [-0.2, 0) is 11.2 Å². The molecule has 3 heteroatoms. The Labute approximate surface area is 83.9 Å². The number of hydrogen-bond donors (Lipinski definition) is 1. The number of rotatable bonds is 4. The van der Waals surface area contributed by atoms with Crippen LogP contribution in [0.5, 0.6) is 0 Å². The van der Waals surface area contributed by atoms with E-state index in [0.29, 0.717) is 5.56 Å². The molecule has 0 spiro atoms. The number of carbonyl (C=O) groups excluding carboxylic acids is 1. The molecule has 0 fully saturated rings. The Morgan fingerprint density at radius 2 is 2.00 bits per heavy atom. The summed E-state index contributed by atoms with van der Waals surface area (Å²) >= 11 is 0. The van der Waals surface area contributed by atoms with Gasteiger partial charge in [0.25, 0.3) is 0 Å². The smallest absolute Gasteiger partial charge is 0.337 e. The Bertz CT molecular complexity index is 293. The SMILES string of the molecule is COC(=O)c1ccc(CCC[NH3+])cc1. The molecule has 0 atom stereocenters. The minimum Gasteiger partial charge on any atom is -0.465 e. The molecule has 0 amide bonds. The lowest BCUT2D eigenvalue weighted by molar-refractivity contribution is -0.368. The maximum absolute atomic E-state index is 11.1. The minimum absolute atomic E-state index is 0.284. The summed E-state index contributed by atoms with van der Waals surface area (Å²) in [5.74, 6) is -0.284. The fraction of sp³-hybridized carbons (Fsp3) is 0.364. The third kappa shape index (κ3) is 2.85. The lowest BCUT2D eigenvalue weighted by atomic mass is 10.1.